The van der Waals surface area contributed by atoms with E-state index in [2.05, 4.69) is 34.3 Å². The van der Waals surface area contributed by atoms with Gasteiger partial charge in [-0.2, -0.15) is 5.10 Å². The average molecular weight is 226 g/mol. The van der Waals surface area contributed by atoms with Crippen molar-refractivity contribution in [1.82, 2.24) is 20.5 Å². The van der Waals surface area contributed by atoms with Crippen LogP contribution in [0.2, 0.25) is 0 Å². The van der Waals surface area contributed by atoms with E-state index >= 15 is 0 Å². The summed E-state index contributed by atoms with van der Waals surface area (Å²) in [5.74, 6) is 0.933. The van der Waals surface area contributed by atoms with Crippen LogP contribution in [0.5, 0.6) is 0 Å². The number of aryl methyl sites for hydroxylation is 1. The number of nitrogens with one attached hydrogen (secondary N) is 2. The van der Waals surface area contributed by atoms with Crippen molar-refractivity contribution in [2.24, 2.45) is 5.41 Å². The van der Waals surface area contributed by atoms with Crippen LogP contribution in [0.15, 0.2) is 6.33 Å². The zero-order chi connectivity index (χ0) is 11.9. The average Bonchev–Trinajstić information content (AvgIpc) is 2.81. The van der Waals surface area contributed by atoms with Gasteiger partial charge in [0.1, 0.15) is 12.2 Å². The van der Waals surface area contributed by atoms with Crippen LogP contribution >= 0.6 is 0 Å². The predicted molar refractivity (Wildman–Crippen MR) is 63.1 cm³/mol. The fourth-order valence-electron chi connectivity index (χ4n) is 1.41. The Morgan fingerprint density at radius 3 is 2.94 bits per heavy atom. The molecule has 1 heterocycles. The van der Waals surface area contributed by atoms with Crippen molar-refractivity contribution in [3.8, 4) is 0 Å². The van der Waals surface area contributed by atoms with Gasteiger partial charge in [0.15, 0.2) is 0 Å². The number of aromatic amines is 1. The topological polar surface area (TPSA) is 73.8 Å². The number of rotatable bonds is 8. The van der Waals surface area contributed by atoms with E-state index in [-0.39, 0.29) is 12.0 Å². The standard InChI is InChI=1S/C11H22N4O/c1-3-11(2,8-16)7-12-6-4-5-10-13-9-14-15-10/h9,12,16H,3-8H2,1-2H3,(H,13,14,15). The first-order valence-corrected chi connectivity index (χ1v) is 5.86. The van der Waals surface area contributed by atoms with Gasteiger partial charge in [-0.1, -0.05) is 13.8 Å². The van der Waals surface area contributed by atoms with Gasteiger partial charge in [-0.15, -0.1) is 0 Å². The highest BCUT2D eigenvalue weighted by Crippen LogP contribution is 2.18. The van der Waals surface area contributed by atoms with Crippen LogP contribution in [0, 0.1) is 5.41 Å². The lowest BCUT2D eigenvalue weighted by atomic mass is 9.89. The van der Waals surface area contributed by atoms with E-state index < -0.39 is 0 Å². The molecular weight excluding hydrogens is 204 g/mol. The molecule has 16 heavy (non-hydrogen) atoms. The zero-order valence-electron chi connectivity index (χ0n) is 10.2. The summed E-state index contributed by atoms with van der Waals surface area (Å²) in [6, 6.07) is 0. The van der Waals surface area contributed by atoms with Gasteiger partial charge in [0.2, 0.25) is 0 Å². The summed E-state index contributed by atoms with van der Waals surface area (Å²) in [5, 5.41) is 19.2. The van der Waals surface area contributed by atoms with Crippen LogP contribution < -0.4 is 5.32 Å². The molecule has 0 spiro atoms. The summed E-state index contributed by atoms with van der Waals surface area (Å²) in [6.45, 7) is 6.23. The second-order valence-electron chi connectivity index (χ2n) is 4.53. The Labute approximate surface area is 96.7 Å². The molecule has 0 aliphatic carbocycles. The van der Waals surface area contributed by atoms with E-state index in [0.717, 1.165) is 38.2 Å². The van der Waals surface area contributed by atoms with Gasteiger partial charge < -0.3 is 10.4 Å². The van der Waals surface area contributed by atoms with E-state index in [1.807, 2.05) is 0 Å². The molecule has 0 saturated heterocycles. The van der Waals surface area contributed by atoms with Gasteiger partial charge in [-0.3, -0.25) is 5.10 Å². The molecule has 5 heteroatoms. The van der Waals surface area contributed by atoms with Crippen molar-refractivity contribution in [1.29, 1.82) is 0 Å². The van der Waals surface area contributed by atoms with Crippen molar-refractivity contribution in [2.75, 3.05) is 19.7 Å². The lowest BCUT2D eigenvalue weighted by molar-refractivity contribution is 0.135. The molecule has 0 amide bonds. The van der Waals surface area contributed by atoms with Gasteiger partial charge in [0.05, 0.1) is 0 Å². The number of H-pyrrole nitrogens is 1. The third-order valence-electron chi connectivity index (χ3n) is 3.02. The minimum Gasteiger partial charge on any atom is -0.396 e. The molecule has 1 aromatic heterocycles. The number of aliphatic hydroxyl groups excluding tert-OH is 1. The third-order valence-corrected chi connectivity index (χ3v) is 3.02. The molecule has 0 aliphatic rings. The molecule has 1 aromatic rings. The fourth-order valence-corrected chi connectivity index (χ4v) is 1.41. The quantitative estimate of drug-likeness (QED) is 0.571. The zero-order valence-corrected chi connectivity index (χ0v) is 10.2. The minimum absolute atomic E-state index is 0.00619. The van der Waals surface area contributed by atoms with Crippen LogP contribution in [0.3, 0.4) is 0 Å². The molecule has 0 saturated carbocycles. The maximum absolute atomic E-state index is 9.23. The van der Waals surface area contributed by atoms with Crippen LogP contribution in [-0.4, -0.2) is 40.0 Å². The first-order chi connectivity index (χ1) is 7.70. The Morgan fingerprint density at radius 1 is 1.56 bits per heavy atom. The number of hydrogen-bond donors (Lipinski definition) is 3. The maximum atomic E-state index is 9.23. The Bertz CT molecular complexity index is 270. The Kier molecular flexibility index (Phi) is 5.42. The van der Waals surface area contributed by atoms with Crippen molar-refractivity contribution < 1.29 is 5.11 Å². The van der Waals surface area contributed by atoms with Crippen LogP contribution in [-0.2, 0) is 6.42 Å². The Morgan fingerprint density at radius 2 is 2.38 bits per heavy atom. The summed E-state index contributed by atoms with van der Waals surface area (Å²) in [5.41, 5.74) is 0.00619. The summed E-state index contributed by atoms with van der Waals surface area (Å²) in [4.78, 5) is 4.06. The molecular formula is C11H22N4O. The molecule has 92 valence electrons. The van der Waals surface area contributed by atoms with E-state index in [0.29, 0.717) is 0 Å². The van der Waals surface area contributed by atoms with Crippen molar-refractivity contribution in [2.45, 2.75) is 33.1 Å². The highest BCUT2D eigenvalue weighted by atomic mass is 16.3. The van der Waals surface area contributed by atoms with E-state index in [4.69, 9.17) is 0 Å². The predicted octanol–water partition coefficient (Wildman–Crippen LogP) is 0.735. The van der Waals surface area contributed by atoms with Gasteiger partial charge >= 0.3 is 0 Å². The van der Waals surface area contributed by atoms with E-state index in [9.17, 15) is 5.11 Å². The highest BCUT2D eigenvalue weighted by molar-refractivity contribution is 4.80. The fraction of sp³-hybridized carbons (Fsp3) is 0.818. The van der Waals surface area contributed by atoms with Crippen molar-refractivity contribution in [3.05, 3.63) is 12.2 Å². The molecule has 0 aromatic carbocycles. The molecule has 3 N–H and O–H groups in total. The number of aliphatic hydroxyl groups is 1. The van der Waals surface area contributed by atoms with Crippen LogP contribution in [0.4, 0.5) is 0 Å². The third kappa shape index (κ3) is 4.28. The van der Waals surface area contributed by atoms with Crippen molar-refractivity contribution in [3.63, 3.8) is 0 Å². The SMILES string of the molecule is CCC(C)(CO)CNCCCc1ncn[nH]1. The minimum atomic E-state index is 0.00619. The van der Waals surface area contributed by atoms with Gasteiger partial charge in [0, 0.05) is 25.0 Å². The van der Waals surface area contributed by atoms with Crippen molar-refractivity contribution >= 4 is 0 Å². The summed E-state index contributed by atoms with van der Waals surface area (Å²) < 4.78 is 0. The molecule has 0 bridgehead atoms. The lowest BCUT2D eigenvalue weighted by Gasteiger charge is -2.25. The molecule has 5 nitrogen and oxygen atoms in total. The first-order valence-electron chi connectivity index (χ1n) is 5.86. The second-order valence-corrected chi connectivity index (χ2v) is 4.53. The van der Waals surface area contributed by atoms with Crippen LogP contribution in [0.25, 0.3) is 0 Å². The monoisotopic (exact) mass is 226 g/mol. The van der Waals surface area contributed by atoms with Gasteiger partial charge in [-0.05, 0) is 19.4 Å². The molecule has 1 atom stereocenters. The molecule has 0 aliphatic heterocycles. The van der Waals surface area contributed by atoms with Crippen LogP contribution in [0.1, 0.15) is 32.5 Å². The molecule has 0 fully saturated rings. The molecule has 1 unspecified atom stereocenters. The summed E-state index contributed by atoms with van der Waals surface area (Å²) in [7, 11) is 0. The maximum Gasteiger partial charge on any atom is 0.137 e. The van der Waals surface area contributed by atoms with Gasteiger partial charge in [0.25, 0.3) is 0 Å². The number of hydrogen-bond acceptors (Lipinski definition) is 4. The summed E-state index contributed by atoms with van der Waals surface area (Å²) >= 11 is 0. The molecule has 0 radical (unpaired) electrons. The highest BCUT2D eigenvalue weighted by Gasteiger charge is 2.19. The lowest BCUT2D eigenvalue weighted by Crippen LogP contribution is -2.34. The van der Waals surface area contributed by atoms with E-state index in [1.54, 1.807) is 0 Å². The summed E-state index contributed by atoms with van der Waals surface area (Å²) in [6.07, 6.45) is 4.46. The van der Waals surface area contributed by atoms with E-state index in [1.165, 1.54) is 6.33 Å². The molecule has 1 rings (SSSR count). The largest absolute Gasteiger partial charge is 0.396 e. The number of nitrogens with zero attached hydrogens (tertiary/aromatic N) is 2. The smallest absolute Gasteiger partial charge is 0.137 e. The Hall–Kier alpha value is -0.940. The van der Waals surface area contributed by atoms with Gasteiger partial charge in [-0.25, -0.2) is 4.98 Å². The second kappa shape index (κ2) is 6.60. The normalized spacial score (nSPS) is 14.9. The Balaban J connectivity index is 2.08. The first kappa shape index (κ1) is 13.1. The number of aromatic nitrogens is 3.